The summed E-state index contributed by atoms with van der Waals surface area (Å²) in [5, 5.41) is 1.75. The third kappa shape index (κ3) is 5.66. The predicted molar refractivity (Wildman–Crippen MR) is 168 cm³/mol. The van der Waals surface area contributed by atoms with Crippen LogP contribution in [0.4, 0.5) is 28.9 Å². The number of hydrogen-bond donors (Lipinski definition) is 1. The fourth-order valence-corrected chi connectivity index (χ4v) is 8.60. The van der Waals surface area contributed by atoms with Crippen LogP contribution in [0.1, 0.15) is 48.3 Å². The van der Waals surface area contributed by atoms with Crippen molar-refractivity contribution in [3.8, 4) is 0 Å². The number of hydrogen-bond acceptors (Lipinski definition) is 6. The minimum absolute atomic E-state index is 0.197. The molecule has 0 saturated carbocycles. The Balaban J connectivity index is 1.44. The summed E-state index contributed by atoms with van der Waals surface area (Å²) < 4.78 is 56.6. The molecule has 0 radical (unpaired) electrons. The van der Waals surface area contributed by atoms with E-state index in [-0.39, 0.29) is 5.41 Å². The number of carbonyl (C=O) groups excluding carboxylic acids is 3. The van der Waals surface area contributed by atoms with Gasteiger partial charge in [0.05, 0.1) is 22.2 Å². The van der Waals surface area contributed by atoms with Gasteiger partial charge in [0.1, 0.15) is 17.6 Å². The molecule has 2 aliphatic heterocycles. The van der Waals surface area contributed by atoms with Crippen LogP contribution < -0.4 is 15.1 Å². The normalized spacial score (nSPS) is 19.6. The SMILES string of the molecule is CC(C)(C)c1ccc([C@@H]2c3sc(=O)n(CC(=O)Nc4ccc(F)cc4)c3S[C@H]3C(=O)N(c4ccccc4C(F)(F)F)C(=O)[C@@H]23)cc1. The number of imide groups is 1. The van der Waals surface area contributed by atoms with Gasteiger partial charge in [-0.2, -0.15) is 13.2 Å². The molecular weight excluding hydrogens is 643 g/mol. The van der Waals surface area contributed by atoms with Crippen molar-refractivity contribution < 1.29 is 31.9 Å². The average Bonchev–Trinajstić information content (AvgIpc) is 3.43. The van der Waals surface area contributed by atoms with Crippen LogP contribution in [0.2, 0.25) is 0 Å². The number of amides is 3. The van der Waals surface area contributed by atoms with E-state index >= 15 is 0 Å². The summed E-state index contributed by atoms with van der Waals surface area (Å²) >= 11 is 1.74. The van der Waals surface area contributed by atoms with Gasteiger partial charge >= 0.3 is 11.0 Å². The van der Waals surface area contributed by atoms with Crippen molar-refractivity contribution in [2.24, 2.45) is 5.92 Å². The van der Waals surface area contributed by atoms with Crippen LogP contribution >= 0.6 is 23.1 Å². The molecule has 13 heteroatoms. The maximum Gasteiger partial charge on any atom is 0.418 e. The number of anilines is 2. The number of nitrogens with zero attached hydrogens (tertiary/aromatic N) is 2. The molecule has 6 rings (SSSR count). The molecule has 3 atom stereocenters. The van der Waals surface area contributed by atoms with Crippen molar-refractivity contribution in [3.05, 3.63) is 110 Å². The summed E-state index contributed by atoms with van der Waals surface area (Å²) in [6.07, 6.45) is -4.82. The number of rotatable bonds is 5. The number of thiazole rings is 1. The maximum atomic E-state index is 14.1. The third-order valence-electron chi connectivity index (χ3n) is 8.07. The molecule has 3 amide bonds. The van der Waals surface area contributed by atoms with Gasteiger partial charge in [0.25, 0.3) is 0 Å². The molecule has 4 aromatic rings. The quantitative estimate of drug-likeness (QED) is 0.187. The molecule has 1 saturated heterocycles. The minimum atomic E-state index is -4.82. The van der Waals surface area contributed by atoms with Gasteiger partial charge < -0.3 is 5.32 Å². The highest BCUT2D eigenvalue weighted by Crippen LogP contribution is 2.54. The number of thioether (sulfide) groups is 1. The van der Waals surface area contributed by atoms with E-state index in [4.69, 9.17) is 0 Å². The zero-order valence-electron chi connectivity index (χ0n) is 24.7. The number of alkyl halides is 3. The van der Waals surface area contributed by atoms with E-state index in [1.165, 1.54) is 41.0 Å². The fraction of sp³-hybridized carbons (Fsp3) is 0.273. The van der Waals surface area contributed by atoms with Crippen molar-refractivity contribution in [2.75, 3.05) is 10.2 Å². The fourth-order valence-electron chi connectivity index (χ4n) is 5.83. The lowest BCUT2D eigenvalue weighted by molar-refractivity contribution is -0.137. The van der Waals surface area contributed by atoms with E-state index in [0.29, 0.717) is 26.1 Å². The zero-order valence-corrected chi connectivity index (χ0v) is 26.4. The molecule has 1 aromatic heterocycles. The Bertz CT molecular complexity index is 1910. The summed E-state index contributed by atoms with van der Waals surface area (Å²) in [6.45, 7) is 5.66. The number of nitrogens with one attached hydrogen (secondary N) is 1. The van der Waals surface area contributed by atoms with E-state index in [1.807, 2.05) is 45.0 Å². The summed E-state index contributed by atoms with van der Waals surface area (Å²) in [5.74, 6) is -4.65. The van der Waals surface area contributed by atoms with E-state index in [0.717, 1.165) is 40.8 Å². The summed E-state index contributed by atoms with van der Waals surface area (Å²) in [6, 6.07) is 16.9. The van der Waals surface area contributed by atoms with E-state index in [1.54, 1.807) is 0 Å². The molecule has 3 aromatic carbocycles. The van der Waals surface area contributed by atoms with Crippen LogP contribution in [0.25, 0.3) is 0 Å². The first-order valence-electron chi connectivity index (χ1n) is 14.2. The largest absolute Gasteiger partial charge is 0.418 e. The highest BCUT2D eigenvalue weighted by Gasteiger charge is 2.57. The Kier molecular flexibility index (Phi) is 7.96. The number of aromatic nitrogens is 1. The van der Waals surface area contributed by atoms with Crippen molar-refractivity contribution in [2.45, 2.75) is 55.1 Å². The summed E-state index contributed by atoms with van der Waals surface area (Å²) in [7, 11) is 0. The predicted octanol–water partition coefficient (Wildman–Crippen LogP) is 6.80. The Labute approximate surface area is 269 Å². The van der Waals surface area contributed by atoms with Crippen LogP contribution in [-0.2, 0) is 32.5 Å². The average molecular weight is 670 g/mol. The molecule has 0 unspecified atom stereocenters. The number of carbonyl (C=O) groups is 3. The highest BCUT2D eigenvalue weighted by atomic mass is 32.2. The van der Waals surface area contributed by atoms with Gasteiger partial charge in [-0.25, -0.2) is 9.29 Å². The van der Waals surface area contributed by atoms with Gasteiger partial charge in [0.15, 0.2) is 0 Å². The summed E-state index contributed by atoms with van der Waals surface area (Å²) in [5.41, 5.74) is 0.0509. The molecule has 2 aliphatic rings. The van der Waals surface area contributed by atoms with Crippen molar-refractivity contribution in [3.63, 3.8) is 0 Å². The Morgan fingerprint density at radius 2 is 1.54 bits per heavy atom. The Morgan fingerprint density at radius 3 is 2.17 bits per heavy atom. The van der Waals surface area contributed by atoms with Crippen LogP contribution in [0.5, 0.6) is 0 Å². The molecule has 3 heterocycles. The first-order chi connectivity index (χ1) is 21.6. The lowest BCUT2D eigenvalue weighted by atomic mass is 9.81. The van der Waals surface area contributed by atoms with Crippen LogP contribution in [-0.4, -0.2) is 27.5 Å². The van der Waals surface area contributed by atoms with Crippen molar-refractivity contribution >= 4 is 52.2 Å². The highest BCUT2D eigenvalue weighted by molar-refractivity contribution is 8.00. The Hall–Kier alpha value is -4.23. The molecule has 1 N–H and O–H groups in total. The van der Waals surface area contributed by atoms with Crippen LogP contribution in [0, 0.1) is 11.7 Å². The van der Waals surface area contributed by atoms with E-state index < -0.39 is 69.5 Å². The van der Waals surface area contributed by atoms with Crippen LogP contribution in [0.3, 0.4) is 0 Å². The van der Waals surface area contributed by atoms with Crippen molar-refractivity contribution in [1.82, 2.24) is 4.57 Å². The lowest BCUT2D eigenvalue weighted by Crippen LogP contribution is -2.33. The smallest absolute Gasteiger partial charge is 0.325 e. The number of halogens is 4. The topological polar surface area (TPSA) is 88.5 Å². The maximum absolute atomic E-state index is 14.1. The molecular formula is C33H27F4N3O4S2. The number of para-hydroxylation sites is 1. The van der Waals surface area contributed by atoms with Gasteiger partial charge in [-0.15, -0.1) is 0 Å². The number of benzene rings is 3. The van der Waals surface area contributed by atoms with Crippen LogP contribution in [0.15, 0.2) is 82.6 Å². The standard InChI is InChI=1S/C33H27F4N3O4S2/c1-32(2,3)18-10-8-17(9-11-18)24-25-26(29(43)40(28(25)42)22-7-5-4-6-21(22)33(35,36)37)45-30-27(24)46-31(44)39(30)16-23(41)38-20-14-12-19(34)13-15-20/h4-15,24-26H,16H2,1-3H3,(H,38,41)/t24-,25-,26+/m0/s1. The monoisotopic (exact) mass is 669 g/mol. The van der Waals surface area contributed by atoms with E-state index in [2.05, 4.69) is 5.32 Å². The van der Waals surface area contributed by atoms with Gasteiger partial charge in [-0.1, -0.05) is 80.3 Å². The Morgan fingerprint density at radius 1 is 0.891 bits per heavy atom. The molecule has 0 aliphatic carbocycles. The third-order valence-corrected chi connectivity index (χ3v) is 10.7. The molecule has 0 bridgehead atoms. The molecule has 0 spiro atoms. The first kappa shape index (κ1) is 31.7. The second-order valence-corrected chi connectivity index (χ2v) is 14.2. The zero-order chi connectivity index (χ0) is 33.1. The van der Waals surface area contributed by atoms with Gasteiger partial charge in [-0.3, -0.25) is 23.7 Å². The second-order valence-electron chi connectivity index (χ2n) is 12.1. The molecule has 7 nitrogen and oxygen atoms in total. The lowest BCUT2D eigenvalue weighted by Gasteiger charge is -2.31. The van der Waals surface area contributed by atoms with Gasteiger partial charge in [-0.05, 0) is 52.9 Å². The second kappa shape index (κ2) is 11.5. The minimum Gasteiger partial charge on any atom is -0.325 e. The van der Waals surface area contributed by atoms with Gasteiger partial charge in [0.2, 0.25) is 17.7 Å². The van der Waals surface area contributed by atoms with Gasteiger partial charge in [0, 0.05) is 16.5 Å². The molecule has 46 heavy (non-hydrogen) atoms. The van der Waals surface area contributed by atoms with E-state index in [9.17, 15) is 36.7 Å². The van der Waals surface area contributed by atoms with Crippen molar-refractivity contribution in [1.29, 1.82) is 0 Å². The molecule has 1 fully saturated rings. The molecule has 238 valence electrons. The summed E-state index contributed by atoms with van der Waals surface area (Å²) in [4.78, 5) is 54.9. The number of fused-ring (bicyclic) bond motifs is 2. The first-order valence-corrected chi connectivity index (χ1v) is 15.9.